The second-order valence-electron chi connectivity index (χ2n) is 8.22. The maximum absolute atomic E-state index is 12.0. The number of aryl methyl sites for hydroxylation is 1. The Kier molecular flexibility index (Phi) is 7.70. The van der Waals surface area contributed by atoms with Gasteiger partial charge in [0.1, 0.15) is 12.4 Å². The predicted molar refractivity (Wildman–Crippen MR) is 116 cm³/mol. The monoisotopic (exact) mass is 418 g/mol. The molecule has 0 spiro atoms. The van der Waals surface area contributed by atoms with Crippen molar-refractivity contribution in [3.8, 4) is 0 Å². The Balaban J connectivity index is 1.48. The first kappa shape index (κ1) is 22.1. The van der Waals surface area contributed by atoms with Crippen molar-refractivity contribution in [1.82, 2.24) is 20.6 Å². The molecule has 1 aromatic heterocycles. The maximum Gasteiger partial charge on any atom is 0.325 e. The quantitative estimate of drug-likeness (QED) is 0.581. The molecule has 3 N–H and O–H groups in total. The van der Waals surface area contributed by atoms with Crippen LogP contribution in [-0.2, 0) is 22.4 Å². The van der Waals surface area contributed by atoms with E-state index in [0.717, 1.165) is 44.3 Å². The number of urea groups is 1. The van der Waals surface area contributed by atoms with Crippen LogP contribution in [0.2, 0.25) is 0 Å². The molecular weight excluding hydrogens is 384 g/mol. The van der Waals surface area contributed by atoms with Crippen LogP contribution in [0.1, 0.15) is 56.7 Å². The fourth-order valence-electron chi connectivity index (χ4n) is 4.17. The molecule has 0 aliphatic heterocycles. The number of carbonyl (C=O) groups excluding carboxylic acids is 2. The van der Waals surface area contributed by atoms with Crippen molar-refractivity contribution in [2.75, 3.05) is 37.5 Å². The molecule has 1 saturated carbocycles. The van der Waals surface area contributed by atoms with E-state index in [9.17, 15) is 9.59 Å². The Morgan fingerprint density at radius 1 is 1.07 bits per heavy atom. The second kappa shape index (κ2) is 10.4. The van der Waals surface area contributed by atoms with Gasteiger partial charge in [0.2, 0.25) is 5.95 Å². The zero-order chi connectivity index (χ0) is 21.5. The molecule has 2 aliphatic rings. The average Bonchev–Trinajstić information content (AvgIpc) is 2.73. The van der Waals surface area contributed by atoms with Gasteiger partial charge in [-0.1, -0.05) is 0 Å². The molecular formula is C21H34N6O3. The van der Waals surface area contributed by atoms with E-state index in [2.05, 4.69) is 20.9 Å². The summed E-state index contributed by atoms with van der Waals surface area (Å²) in [6.45, 7) is 1.94. The lowest BCUT2D eigenvalue weighted by Crippen LogP contribution is -2.46. The van der Waals surface area contributed by atoms with E-state index >= 15 is 0 Å². The Hall–Kier alpha value is -2.58. The fraction of sp³-hybridized carbons (Fsp3) is 0.714. The number of carbonyl (C=O) groups is 2. The van der Waals surface area contributed by atoms with Crippen molar-refractivity contribution < 1.29 is 14.3 Å². The van der Waals surface area contributed by atoms with Gasteiger partial charge in [-0.15, -0.1) is 0 Å². The van der Waals surface area contributed by atoms with E-state index in [1.54, 1.807) is 6.92 Å². The number of esters is 1. The number of amides is 2. The summed E-state index contributed by atoms with van der Waals surface area (Å²) >= 11 is 0. The van der Waals surface area contributed by atoms with E-state index < -0.39 is 5.97 Å². The molecule has 1 aromatic rings. The Bertz CT molecular complexity index is 747. The molecule has 0 atom stereocenters. The van der Waals surface area contributed by atoms with Crippen LogP contribution in [0.3, 0.4) is 0 Å². The number of ether oxygens (including phenoxy) is 1. The molecule has 0 bridgehead atoms. The van der Waals surface area contributed by atoms with Gasteiger partial charge in [-0.25, -0.2) is 9.78 Å². The zero-order valence-corrected chi connectivity index (χ0v) is 18.3. The highest BCUT2D eigenvalue weighted by atomic mass is 16.5. The van der Waals surface area contributed by atoms with Crippen LogP contribution >= 0.6 is 0 Å². The third-order valence-corrected chi connectivity index (χ3v) is 5.68. The Morgan fingerprint density at radius 2 is 1.77 bits per heavy atom. The molecule has 2 aliphatic carbocycles. The molecule has 2 amide bonds. The van der Waals surface area contributed by atoms with Gasteiger partial charge < -0.3 is 25.6 Å². The molecule has 3 rings (SSSR count). The summed E-state index contributed by atoms with van der Waals surface area (Å²) in [4.78, 5) is 34.9. The molecule has 0 saturated heterocycles. The Labute approximate surface area is 178 Å². The van der Waals surface area contributed by atoms with Crippen molar-refractivity contribution in [2.24, 2.45) is 0 Å². The average molecular weight is 419 g/mol. The summed E-state index contributed by atoms with van der Waals surface area (Å²) in [6.07, 6.45) is 8.07. The van der Waals surface area contributed by atoms with Gasteiger partial charge >= 0.3 is 12.0 Å². The molecule has 0 unspecified atom stereocenters. The summed E-state index contributed by atoms with van der Waals surface area (Å²) in [5.41, 5.74) is 2.47. The summed E-state index contributed by atoms with van der Waals surface area (Å²) in [5.74, 6) is 1.31. The third-order valence-electron chi connectivity index (χ3n) is 5.68. The highest BCUT2D eigenvalue weighted by Gasteiger charge is 2.25. The lowest BCUT2D eigenvalue weighted by atomic mass is 9.91. The first-order chi connectivity index (χ1) is 14.5. The summed E-state index contributed by atoms with van der Waals surface area (Å²) in [6, 6.07) is 0.0717. The van der Waals surface area contributed by atoms with Crippen molar-refractivity contribution in [2.45, 2.75) is 70.4 Å². The van der Waals surface area contributed by atoms with Crippen LogP contribution < -0.4 is 20.9 Å². The number of fused-ring (bicyclic) bond motifs is 1. The molecule has 0 aromatic carbocycles. The number of rotatable bonds is 7. The van der Waals surface area contributed by atoms with Gasteiger partial charge in [0, 0.05) is 31.7 Å². The second-order valence-corrected chi connectivity index (χ2v) is 8.22. The molecule has 9 nitrogen and oxygen atoms in total. The van der Waals surface area contributed by atoms with Gasteiger partial charge in [-0.2, -0.15) is 4.98 Å². The molecule has 30 heavy (non-hydrogen) atoms. The summed E-state index contributed by atoms with van der Waals surface area (Å²) in [7, 11) is 4.07. The van der Waals surface area contributed by atoms with E-state index in [1.165, 1.54) is 24.1 Å². The van der Waals surface area contributed by atoms with Crippen LogP contribution in [0.25, 0.3) is 0 Å². The predicted octanol–water partition coefficient (Wildman–Crippen LogP) is 2.01. The first-order valence-corrected chi connectivity index (χ1v) is 11.0. The normalized spacial score (nSPS) is 20.6. The highest BCUT2D eigenvalue weighted by Crippen LogP contribution is 2.29. The fourth-order valence-corrected chi connectivity index (χ4v) is 4.17. The molecule has 1 heterocycles. The van der Waals surface area contributed by atoms with Crippen LogP contribution in [0.4, 0.5) is 16.6 Å². The van der Waals surface area contributed by atoms with Gasteiger partial charge in [-0.05, 0) is 58.3 Å². The van der Waals surface area contributed by atoms with Gasteiger partial charge in [-0.3, -0.25) is 4.79 Å². The van der Waals surface area contributed by atoms with Gasteiger partial charge in [0.25, 0.3) is 0 Å². The van der Waals surface area contributed by atoms with Gasteiger partial charge in [0.15, 0.2) is 0 Å². The number of anilines is 2. The maximum atomic E-state index is 12.0. The van der Waals surface area contributed by atoms with Crippen LogP contribution in [0.5, 0.6) is 0 Å². The minimum atomic E-state index is -0.428. The van der Waals surface area contributed by atoms with E-state index in [4.69, 9.17) is 14.7 Å². The Morgan fingerprint density at radius 3 is 2.47 bits per heavy atom. The van der Waals surface area contributed by atoms with E-state index in [-0.39, 0.29) is 18.6 Å². The lowest BCUT2D eigenvalue weighted by molar-refractivity contribution is -0.141. The van der Waals surface area contributed by atoms with Crippen molar-refractivity contribution in [3.63, 3.8) is 0 Å². The van der Waals surface area contributed by atoms with Crippen molar-refractivity contribution in [3.05, 3.63) is 11.3 Å². The molecule has 1 fully saturated rings. The minimum absolute atomic E-state index is 0.104. The molecule has 166 valence electrons. The van der Waals surface area contributed by atoms with Crippen LogP contribution in [0, 0.1) is 0 Å². The molecule has 0 radical (unpaired) electrons. The summed E-state index contributed by atoms with van der Waals surface area (Å²) in [5, 5.41) is 9.00. The lowest BCUT2D eigenvalue weighted by Gasteiger charge is -2.30. The summed E-state index contributed by atoms with van der Waals surface area (Å²) < 4.78 is 4.81. The standard InChI is InChI=1S/C21H34N6O3/c1-4-30-18(28)13-22-21(29)24-15-11-9-14(10-12-15)23-20-25-17-8-6-5-7-16(17)19(26-20)27(2)3/h14-15H,4-13H2,1-3H3,(H2,22,24,29)(H,23,25,26). The highest BCUT2D eigenvalue weighted by molar-refractivity contribution is 5.80. The zero-order valence-electron chi connectivity index (χ0n) is 18.3. The molecule has 9 heteroatoms. The van der Waals surface area contributed by atoms with Crippen molar-refractivity contribution >= 4 is 23.8 Å². The van der Waals surface area contributed by atoms with E-state index in [0.29, 0.717) is 18.6 Å². The number of nitrogens with one attached hydrogen (secondary N) is 3. The SMILES string of the molecule is CCOC(=O)CNC(=O)NC1CCC(Nc2nc3c(c(N(C)C)n2)CCCC3)CC1. The topological polar surface area (TPSA) is 108 Å². The van der Waals surface area contributed by atoms with Crippen LogP contribution in [-0.4, -0.2) is 61.3 Å². The largest absolute Gasteiger partial charge is 0.465 e. The number of nitrogens with zero attached hydrogens (tertiary/aromatic N) is 3. The number of hydrogen-bond donors (Lipinski definition) is 3. The minimum Gasteiger partial charge on any atom is -0.465 e. The van der Waals surface area contributed by atoms with Crippen LogP contribution in [0.15, 0.2) is 0 Å². The third kappa shape index (κ3) is 5.96. The van der Waals surface area contributed by atoms with Crippen molar-refractivity contribution in [1.29, 1.82) is 0 Å². The van der Waals surface area contributed by atoms with Gasteiger partial charge in [0.05, 0.1) is 12.3 Å². The number of hydrogen-bond acceptors (Lipinski definition) is 7. The van der Waals surface area contributed by atoms with E-state index in [1.807, 2.05) is 14.1 Å². The number of aromatic nitrogens is 2. The first-order valence-electron chi connectivity index (χ1n) is 11.0. The smallest absolute Gasteiger partial charge is 0.325 e.